The summed E-state index contributed by atoms with van der Waals surface area (Å²) in [7, 11) is 0. The zero-order valence-electron chi connectivity index (χ0n) is 8.08. The zero-order valence-corrected chi connectivity index (χ0v) is 8.90. The van der Waals surface area contributed by atoms with Crippen molar-refractivity contribution in [2.75, 3.05) is 0 Å². The number of aryl methyl sites for hydroxylation is 1. The summed E-state index contributed by atoms with van der Waals surface area (Å²) >= 11 is 5.21. The lowest BCUT2D eigenvalue weighted by Gasteiger charge is -2.35. The van der Waals surface area contributed by atoms with Crippen LogP contribution in [0.4, 0.5) is 0 Å². The van der Waals surface area contributed by atoms with Gasteiger partial charge in [0.05, 0.1) is 0 Å². The van der Waals surface area contributed by atoms with E-state index < -0.39 is 0 Å². The van der Waals surface area contributed by atoms with Crippen LogP contribution in [0.2, 0.25) is 0 Å². The second kappa shape index (κ2) is 3.25. The van der Waals surface area contributed by atoms with Crippen LogP contribution >= 0.6 is 12.2 Å². The molecular formula is C9H15N3S. The Morgan fingerprint density at radius 2 is 2.38 bits per heavy atom. The van der Waals surface area contributed by atoms with Gasteiger partial charge in [-0.3, -0.25) is 5.10 Å². The van der Waals surface area contributed by atoms with Gasteiger partial charge in [-0.2, -0.15) is 5.10 Å². The van der Waals surface area contributed by atoms with Gasteiger partial charge < -0.3 is 4.57 Å². The van der Waals surface area contributed by atoms with Gasteiger partial charge in [0.2, 0.25) is 0 Å². The monoisotopic (exact) mass is 197 g/mol. The summed E-state index contributed by atoms with van der Waals surface area (Å²) < 4.78 is 2.98. The molecule has 1 heterocycles. The average Bonchev–Trinajstić information content (AvgIpc) is 2.46. The molecule has 4 heteroatoms. The van der Waals surface area contributed by atoms with Crippen molar-refractivity contribution in [2.45, 2.75) is 39.2 Å². The molecule has 3 nitrogen and oxygen atoms in total. The maximum Gasteiger partial charge on any atom is 0.195 e. The smallest absolute Gasteiger partial charge is 0.195 e. The fraction of sp³-hybridized carbons (Fsp3) is 0.778. The summed E-state index contributed by atoms with van der Waals surface area (Å²) in [5.74, 6) is 1.86. The van der Waals surface area contributed by atoms with Gasteiger partial charge >= 0.3 is 0 Å². The molecule has 1 N–H and O–H groups in total. The Morgan fingerprint density at radius 1 is 1.62 bits per heavy atom. The molecule has 2 rings (SSSR count). The van der Waals surface area contributed by atoms with Crippen molar-refractivity contribution in [1.29, 1.82) is 0 Å². The Kier molecular flexibility index (Phi) is 2.24. The minimum atomic E-state index is 0.598. The minimum Gasteiger partial charge on any atom is -0.301 e. The van der Waals surface area contributed by atoms with Gasteiger partial charge in [-0.1, -0.05) is 13.8 Å². The third kappa shape index (κ3) is 1.33. The number of aromatic amines is 1. The van der Waals surface area contributed by atoms with Crippen LogP contribution in [0.3, 0.4) is 0 Å². The number of hydrogen-bond donors (Lipinski definition) is 1. The highest BCUT2D eigenvalue weighted by Gasteiger charge is 2.30. The van der Waals surface area contributed by atoms with Gasteiger partial charge in [0, 0.05) is 12.5 Å². The number of nitrogens with one attached hydrogen (secondary N) is 1. The molecule has 1 fully saturated rings. The van der Waals surface area contributed by atoms with Crippen LogP contribution < -0.4 is 0 Å². The molecule has 2 atom stereocenters. The van der Waals surface area contributed by atoms with Gasteiger partial charge in [-0.25, -0.2) is 0 Å². The SMILES string of the molecule is CCc1n[nH]c(=S)n1C1CCC1C. The fourth-order valence-electron chi connectivity index (χ4n) is 1.96. The number of aromatic nitrogens is 3. The first-order chi connectivity index (χ1) is 6.24. The molecule has 1 saturated carbocycles. The van der Waals surface area contributed by atoms with Crippen molar-refractivity contribution in [1.82, 2.24) is 14.8 Å². The van der Waals surface area contributed by atoms with E-state index in [0.29, 0.717) is 6.04 Å². The molecule has 1 aliphatic carbocycles. The summed E-state index contributed by atoms with van der Waals surface area (Å²) in [5, 5.41) is 7.09. The molecule has 0 spiro atoms. The van der Waals surface area contributed by atoms with Crippen LogP contribution in [0.1, 0.15) is 38.6 Å². The molecule has 0 bridgehead atoms. The summed E-state index contributed by atoms with van der Waals surface area (Å²) in [5.41, 5.74) is 0. The lowest BCUT2D eigenvalue weighted by atomic mass is 9.81. The molecule has 0 saturated heterocycles. The molecule has 13 heavy (non-hydrogen) atoms. The van der Waals surface area contributed by atoms with Gasteiger partial charge in [-0.15, -0.1) is 0 Å². The third-order valence-electron chi connectivity index (χ3n) is 3.00. The van der Waals surface area contributed by atoms with Gasteiger partial charge in [-0.05, 0) is 31.0 Å². The molecule has 0 aromatic carbocycles. The summed E-state index contributed by atoms with van der Waals surface area (Å²) in [6, 6.07) is 0.598. The summed E-state index contributed by atoms with van der Waals surface area (Å²) in [4.78, 5) is 0. The highest BCUT2D eigenvalue weighted by atomic mass is 32.1. The normalized spacial score (nSPS) is 27.2. The molecule has 72 valence electrons. The van der Waals surface area contributed by atoms with E-state index in [9.17, 15) is 0 Å². The quantitative estimate of drug-likeness (QED) is 0.739. The number of nitrogens with zero attached hydrogens (tertiary/aromatic N) is 2. The lowest BCUT2D eigenvalue weighted by molar-refractivity contribution is 0.195. The van der Waals surface area contributed by atoms with Crippen LogP contribution in [0.5, 0.6) is 0 Å². The van der Waals surface area contributed by atoms with Crippen LogP contribution in [-0.2, 0) is 6.42 Å². The van der Waals surface area contributed by atoms with Gasteiger partial charge in [0.15, 0.2) is 4.77 Å². The van der Waals surface area contributed by atoms with Crippen LogP contribution in [-0.4, -0.2) is 14.8 Å². The Hall–Kier alpha value is -0.640. The average molecular weight is 197 g/mol. The number of hydrogen-bond acceptors (Lipinski definition) is 2. The van der Waals surface area contributed by atoms with Crippen molar-refractivity contribution in [3.8, 4) is 0 Å². The molecule has 0 aliphatic heterocycles. The molecule has 1 aromatic rings. The van der Waals surface area contributed by atoms with E-state index in [0.717, 1.165) is 22.9 Å². The topological polar surface area (TPSA) is 33.6 Å². The first kappa shape index (κ1) is 8.94. The summed E-state index contributed by atoms with van der Waals surface area (Å²) in [6.07, 6.45) is 3.53. The fourth-order valence-corrected chi connectivity index (χ4v) is 2.25. The number of H-pyrrole nitrogens is 1. The second-order valence-electron chi connectivity index (χ2n) is 3.79. The minimum absolute atomic E-state index is 0.598. The highest BCUT2D eigenvalue weighted by Crippen LogP contribution is 2.38. The van der Waals surface area contributed by atoms with E-state index in [4.69, 9.17) is 12.2 Å². The Bertz CT molecular complexity index is 352. The van der Waals surface area contributed by atoms with E-state index in [1.807, 2.05) is 0 Å². The molecule has 2 unspecified atom stereocenters. The largest absolute Gasteiger partial charge is 0.301 e. The van der Waals surface area contributed by atoms with Crippen LogP contribution in [0, 0.1) is 10.7 Å². The van der Waals surface area contributed by atoms with Crippen molar-refractivity contribution >= 4 is 12.2 Å². The Morgan fingerprint density at radius 3 is 2.85 bits per heavy atom. The predicted molar refractivity (Wildman–Crippen MR) is 54.2 cm³/mol. The molecule has 1 aliphatic rings. The lowest BCUT2D eigenvalue weighted by Crippen LogP contribution is -2.28. The van der Waals surface area contributed by atoms with E-state index in [-0.39, 0.29) is 0 Å². The molecule has 0 amide bonds. The van der Waals surface area contributed by atoms with Crippen molar-refractivity contribution in [3.63, 3.8) is 0 Å². The van der Waals surface area contributed by atoms with Crippen molar-refractivity contribution in [2.24, 2.45) is 5.92 Å². The number of rotatable bonds is 2. The third-order valence-corrected chi connectivity index (χ3v) is 3.29. The van der Waals surface area contributed by atoms with E-state index >= 15 is 0 Å². The standard InChI is InChI=1S/C9H15N3S/c1-3-8-10-11-9(13)12(8)7-5-4-6(7)2/h6-7H,3-5H2,1-2H3,(H,11,13). The maximum atomic E-state index is 5.21. The van der Waals surface area contributed by atoms with Gasteiger partial charge in [0.25, 0.3) is 0 Å². The van der Waals surface area contributed by atoms with Crippen molar-refractivity contribution in [3.05, 3.63) is 10.6 Å². The van der Waals surface area contributed by atoms with E-state index in [1.54, 1.807) is 0 Å². The Balaban J connectivity index is 2.37. The van der Waals surface area contributed by atoms with E-state index in [1.165, 1.54) is 12.8 Å². The second-order valence-corrected chi connectivity index (χ2v) is 4.18. The molecular weight excluding hydrogens is 182 g/mol. The van der Waals surface area contributed by atoms with Crippen molar-refractivity contribution < 1.29 is 0 Å². The molecule has 0 radical (unpaired) electrons. The van der Waals surface area contributed by atoms with Crippen LogP contribution in [0.25, 0.3) is 0 Å². The highest BCUT2D eigenvalue weighted by molar-refractivity contribution is 7.71. The Labute approximate surface area is 83.2 Å². The maximum absolute atomic E-state index is 5.21. The predicted octanol–water partition coefficient (Wildman–Crippen LogP) is 2.47. The first-order valence-corrected chi connectivity index (χ1v) is 5.30. The molecule has 1 aromatic heterocycles. The zero-order chi connectivity index (χ0) is 9.42. The van der Waals surface area contributed by atoms with Crippen LogP contribution in [0.15, 0.2) is 0 Å². The summed E-state index contributed by atoms with van der Waals surface area (Å²) in [6.45, 7) is 4.40. The van der Waals surface area contributed by atoms with E-state index in [2.05, 4.69) is 28.6 Å². The van der Waals surface area contributed by atoms with Gasteiger partial charge in [0.1, 0.15) is 5.82 Å². The first-order valence-electron chi connectivity index (χ1n) is 4.89.